The van der Waals surface area contributed by atoms with E-state index in [0.29, 0.717) is 25.4 Å². The monoisotopic (exact) mass is 378 g/mol. The zero-order chi connectivity index (χ0) is 19.8. The third-order valence-electron chi connectivity index (χ3n) is 5.50. The third-order valence-corrected chi connectivity index (χ3v) is 5.50. The Morgan fingerprint density at radius 1 is 1.19 bits per heavy atom. The Morgan fingerprint density at radius 3 is 2.48 bits per heavy atom. The molecule has 0 radical (unpaired) electrons. The number of anilines is 2. The van der Waals surface area contributed by atoms with Crippen molar-refractivity contribution >= 4 is 17.4 Å². The summed E-state index contributed by atoms with van der Waals surface area (Å²) in [5, 5.41) is 0. The molecule has 1 aliphatic carbocycles. The largest absolute Gasteiger partial charge is 0.383 e. The second kappa shape index (κ2) is 10.3. The average Bonchev–Trinajstić information content (AvgIpc) is 3.15. The van der Waals surface area contributed by atoms with Crippen LogP contribution in [0.5, 0.6) is 0 Å². The SMILES string of the molecule is CCCCN(C(=O)CCC1CCCC1)c1c(N)n(CCCC)c(=O)[nH]c1=O. The number of nitrogens with one attached hydrogen (secondary N) is 1. The molecule has 0 aromatic carbocycles. The van der Waals surface area contributed by atoms with Gasteiger partial charge >= 0.3 is 5.69 Å². The minimum Gasteiger partial charge on any atom is -0.383 e. The maximum absolute atomic E-state index is 13.0. The van der Waals surface area contributed by atoms with E-state index in [0.717, 1.165) is 32.1 Å². The molecule has 0 saturated heterocycles. The number of nitrogen functional groups attached to an aromatic ring is 1. The Balaban J connectivity index is 2.29. The normalized spacial score (nSPS) is 14.6. The van der Waals surface area contributed by atoms with Crippen LogP contribution in [0.4, 0.5) is 11.5 Å². The van der Waals surface area contributed by atoms with Crippen LogP contribution >= 0.6 is 0 Å². The average molecular weight is 379 g/mol. The molecular weight excluding hydrogens is 344 g/mol. The highest BCUT2D eigenvalue weighted by Crippen LogP contribution is 2.29. The summed E-state index contributed by atoms with van der Waals surface area (Å²) >= 11 is 0. The first-order valence-corrected chi connectivity index (χ1v) is 10.4. The van der Waals surface area contributed by atoms with Gasteiger partial charge in [0, 0.05) is 19.5 Å². The fourth-order valence-corrected chi connectivity index (χ4v) is 3.82. The third kappa shape index (κ3) is 5.47. The first-order chi connectivity index (χ1) is 13.0. The molecule has 1 heterocycles. The second-order valence-electron chi connectivity index (χ2n) is 7.59. The number of unbranched alkanes of at least 4 members (excludes halogenated alkanes) is 2. The minimum absolute atomic E-state index is 0.0757. The van der Waals surface area contributed by atoms with Crippen LogP contribution in [0.2, 0.25) is 0 Å². The lowest BCUT2D eigenvalue weighted by molar-refractivity contribution is -0.118. The van der Waals surface area contributed by atoms with Crippen LogP contribution in [-0.2, 0) is 11.3 Å². The van der Waals surface area contributed by atoms with Crippen LogP contribution in [-0.4, -0.2) is 22.0 Å². The topological polar surface area (TPSA) is 101 Å². The summed E-state index contributed by atoms with van der Waals surface area (Å²) in [4.78, 5) is 41.5. The number of rotatable bonds is 10. The van der Waals surface area contributed by atoms with Gasteiger partial charge in [0.25, 0.3) is 5.56 Å². The molecule has 0 bridgehead atoms. The van der Waals surface area contributed by atoms with Crippen LogP contribution in [0.3, 0.4) is 0 Å². The summed E-state index contributed by atoms with van der Waals surface area (Å²) in [5.74, 6) is 0.631. The Bertz CT molecular complexity index is 732. The van der Waals surface area contributed by atoms with E-state index >= 15 is 0 Å². The number of nitrogens with zero attached hydrogens (tertiary/aromatic N) is 2. The molecule has 0 aliphatic heterocycles. The van der Waals surface area contributed by atoms with Gasteiger partial charge < -0.3 is 10.6 Å². The number of aromatic nitrogens is 2. The lowest BCUT2D eigenvalue weighted by Crippen LogP contribution is -2.41. The van der Waals surface area contributed by atoms with Gasteiger partial charge in [0.05, 0.1) is 0 Å². The van der Waals surface area contributed by atoms with E-state index in [9.17, 15) is 14.4 Å². The van der Waals surface area contributed by atoms with Gasteiger partial charge in [-0.1, -0.05) is 52.4 Å². The van der Waals surface area contributed by atoms with Gasteiger partial charge in [0.2, 0.25) is 5.91 Å². The molecule has 3 N–H and O–H groups in total. The first-order valence-electron chi connectivity index (χ1n) is 10.4. The van der Waals surface area contributed by atoms with E-state index in [1.54, 1.807) is 0 Å². The molecule has 152 valence electrons. The van der Waals surface area contributed by atoms with Crippen molar-refractivity contribution in [1.82, 2.24) is 9.55 Å². The van der Waals surface area contributed by atoms with E-state index in [1.165, 1.54) is 35.2 Å². The predicted molar refractivity (Wildman–Crippen MR) is 109 cm³/mol. The summed E-state index contributed by atoms with van der Waals surface area (Å²) in [7, 11) is 0. The number of H-pyrrole nitrogens is 1. The van der Waals surface area contributed by atoms with Crippen molar-refractivity contribution < 1.29 is 4.79 Å². The van der Waals surface area contributed by atoms with Crippen LogP contribution < -0.4 is 21.9 Å². The molecule has 1 aromatic rings. The van der Waals surface area contributed by atoms with E-state index in [2.05, 4.69) is 4.98 Å². The maximum atomic E-state index is 13.0. The molecule has 1 amide bonds. The van der Waals surface area contributed by atoms with Crippen LogP contribution in [0.1, 0.15) is 78.1 Å². The molecule has 1 saturated carbocycles. The number of carbonyl (C=O) groups excluding carboxylic acids is 1. The quantitative estimate of drug-likeness (QED) is 0.653. The minimum atomic E-state index is -0.574. The maximum Gasteiger partial charge on any atom is 0.330 e. The molecule has 7 heteroatoms. The summed E-state index contributed by atoms with van der Waals surface area (Å²) < 4.78 is 1.38. The van der Waals surface area contributed by atoms with Gasteiger partial charge in [-0.2, -0.15) is 0 Å². The first kappa shape index (κ1) is 21.3. The van der Waals surface area contributed by atoms with Crippen LogP contribution in [0, 0.1) is 5.92 Å². The predicted octanol–water partition coefficient (Wildman–Crippen LogP) is 3.02. The van der Waals surface area contributed by atoms with Gasteiger partial charge in [0.1, 0.15) is 5.82 Å². The Morgan fingerprint density at radius 2 is 1.85 bits per heavy atom. The zero-order valence-corrected chi connectivity index (χ0v) is 16.8. The van der Waals surface area contributed by atoms with Crippen molar-refractivity contribution in [2.75, 3.05) is 17.2 Å². The van der Waals surface area contributed by atoms with Crippen molar-refractivity contribution in [1.29, 1.82) is 0 Å². The number of hydrogen-bond acceptors (Lipinski definition) is 4. The fraction of sp³-hybridized carbons (Fsp3) is 0.750. The second-order valence-corrected chi connectivity index (χ2v) is 7.59. The fourth-order valence-electron chi connectivity index (χ4n) is 3.82. The Kier molecular flexibility index (Phi) is 8.13. The molecule has 2 rings (SSSR count). The summed E-state index contributed by atoms with van der Waals surface area (Å²) in [6.45, 7) is 4.94. The van der Waals surface area contributed by atoms with Gasteiger partial charge in [-0.25, -0.2) is 4.79 Å². The molecule has 7 nitrogen and oxygen atoms in total. The zero-order valence-electron chi connectivity index (χ0n) is 16.8. The smallest absolute Gasteiger partial charge is 0.330 e. The van der Waals surface area contributed by atoms with Crippen LogP contribution in [0.15, 0.2) is 9.59 Å². The Hall–Kier alpha value is -2.05. The summed E-state index contributed by atoms with van der Waals surface area (Å²) in [5.41, 5.74) is 5.25. The Labute approximate surface area is 160 Å². The number of aromatic amines is 1. The van der Waals surface area contributed by atoms with Gasteiger partial charge in [-0.15, -0.1) is 0 Å². The van der Waals surface area contributed by atoms with Crippen molar-refractivity contribution in [2.45, 2.75) is 84.6 Å². The van der Waals surface area contributed by atoms with Gasteiger partial charge in [-0.05, 0) is 25.2 Å². The number of carbonyl (C=O) groups is 1. The van der Waals surface area contributed by atoms with Crippen LogP contribution in [0.25, 0.3) is 0 Å². The molecule has 1 fully saturated rings. The number of hydrogen-bond donors (Lipinski definition) is 2. The highest BCUT2D eigenvalue weighted by Gasteiger charge is 2.25. The van der Waals surface area contributed by atoms with Crippen molar-refractivity contribution in [3.8, 4) is 0 Å². The standard InChI is InChI=1S/C20H34N4O3/c1-3-5-13-23(16(25)12-11-15-9-7-8-10-15)17-18(21)24(14-6-4-2)20(27)22-19(17)26/h15H,3-14,21H2,1-2H3,(H,22,26,27). The van der Waals surface area contributed by atoms with E-state index in [-0.39, 0.29) is 17.4 Å². The van der Waals surface area contributed by atoms with Crippen molar-refractivity contribution in [3.05, 3.63) is 20.8 Å². The summed E-state index contributed by atoms with van der Waals surface area (Å²) in [6, 6.07) is 0. The van der Waals surface area contributed by atoms with Crippen molar-refractivity contribution in [2.24, 2.45) is 5.92 Å². The van der Waals surface area contributed by atoms with Gasteiger partial charge in [-0.3, -0.25) is 19.1 Å². The van der Waals surface area contributed by atoms with Gasteiger partial charge in [0.15, 0.2) is 5.69 Å². The van der Waals surface area contributed by atoms with E-state index in [4.69, 9.17) is 5.73 Å². The van der Waals surface area contributed by atoms with E-state index in [1.807, 2.05) is 13.8 Å². The lowest BCUT2D eigenvalue weighted by Gasteiger charge is -2.25. The van der Waals surface area contributed by atoms with E-state index < -0.39 is 11.2 Å². The molecule has 0 atom stereocenters. The van der Waals surface area contributed by atoms with Crippen molar-refractivity contribution in [3.63, 3.8) is 0 Å². The lowest BCUT2D eigenvalue weighted by atomic mass is 10.0. The highest BCUT2D eigenvalue weighted by molar-refractivity contribution is 5.95. The molecule has 0 spiro atoms. The number of amides is 1. The molecule has 1 aromatic heterocycles. The number of nitrogens with two attached hydrogens (primary N) is 1. The highest BCUT2D eigenvalue weighted by atomic mass is 16.2. The molecule has 0 unspecified atom stereocenters. The molecular formula is C20H34N4O3. The molecule has 1 aliphatic rings. The molecule has 27 heavy (non-hydrogen) atoms. The summed E-state index contributed by atoms with van der Waals surface area (Å²) in [6.07, 6.45) is 9.50.